The monoisotopic (exact) mass is 525 g/mol. The average Bonchev–Trinajstić information content (AvgIpc) is 3.32. The summed E-state index contributed by atoms with van der Waals surface area (Å²) in [4.78, 5) is 24.5. The quantitative estimate of drug-likeness (QED) is 0.511. The van der Waals surface area contributed by atoms with Crippen LogP contribution in [0.2, 0.25) is 0 Å². The fraction of sp³-hybridized carbons (Fsp3) is 0.348. The Bertz CT molecular complexity index is 1510. The molecule has 0 saturated carbocycles. The first-order chi connectivity index (χ1) is 16.6. The second-order valence-electron chi connectivity index (χ2n) is 9.52. The maximum Gasteiger partial charge on any atom is 0.267 e. The molecule has 0 spiro atoms. The van der Waals surface area contributed by atoms with Crippen LogP contribution in [-0.4, -0.2) is 47.4 Å². The Morgan fingerprint density at radius 2 is 1.92 bits per heavy atom. The Kier molecular flexibility index (Phi) is 5.90. The summed E-state index contributed by atoms with van der Waals surface area (Å²) in [7, 11) is -4.37. The number of nitrogens with two attached hydrogens (primary N) is 1. The fourth-order valence-electron chi connectivity index (χ4n) is 4.34. The van der Waals surface area contributed by atoms with E-state index in [1.807, 2.05) is 0 Å². The molecule has 13 heteroatoms. The average molecular weight is 526 g/mol. The molecule has 1 aliphatic heterocycles. The molecule has 191 valence electrons. The summed E-state index contributed by atoms with van der Waals surface area (Å²) in [5, 5.41) is 3.89. The van der Waals surface area contributed by atoms with Crippen LogP contribution < -0.4 is 10.6 Å². The Labute approximate surface area is 203 Å². The van der Waals surface area contributed by atoms with Crippen LogP contribution in [0, 0.1) is 11.6 Å². The number of alkyl halides is 2. The third kappa shape index (κ3) is 4.00. The number of benzene rings is 1. The zero-order valence-corrected chi connectivity index (χ0v) is 20.2. The van der Waals surface area contributed by atoms with Gasteiger partial charge >= 0.3 is 0 Å². The van der Waals surface area contributed by atoms with Crippen molar-refractivity contribution in [1.82, 2.24) is 9.61 Å². The van der Waals surface area contributed by atoms with Gasteiger partial charge in [-0.15, -0.1) is 0 Å². The van der Waals surface area contributed by atoms with E-state index in [1.165, 1.54) is 20.8 Å². The number of pyridine rings is 1. The molecule has 1 radical (unpaired) electrons. The molecule has 8 nitrogen and oxygen atoms in total. The smallest absolute Gasteiger partial charge is 0.267 e. The van der Waals surface area contributed by atoms with Crippen molar-refractivity contribution < 1.29 is 35.6 Å². The number of rotatable bonds is 5. The van der Waals surface area contributed by atoms with E-state index in [0.717, 1.165) is 40.0 Å². The van der Waals surface area contributed by atoms with Crippen LogP contribution in [0.4, 0.5) is 23.2 Å². The first-order valence-electron chi connectivity index (χ1n) is 10.7. The summed E-state index contributed by atoms with van der Waals surface area (Å²) in [6.45, 7) is 2.94. The van der Waals surface area contributed by atoms with Gasteiger partial charge in [0.2, 0.25) is 6.29 Å². The van der Waals surface area contributed by atoms with Crippen molar-refractivity contribution >= 4 is 33.2 Å². The number of sulfone groups is 1. The molecule has 1 fully saturated rings. The van der Waals surface area contributed by atoms with Gasteiger partial charge in [-0.2, -0.15) is 5.10 Å². The number of hydrogen-bond donors (Lipinski definition) is 1. The molecule has 3 heterocycles. The lowest BCUT2D eigenvalue weighted by Crippen LogP contribution is -2.35. The molecule has 1 amide bonds. The second kappa shape index (κ2) is 8.29. The minimum atomic E-state index is -4.37. The van der Waals surface area contributed by atoms with Crippen LogP contribution in [0.25, 0.3) is 5.52 Å². The van der Waals surface area contributed by atoms with Crippen LogP contribution in [-0.2, 0) is 14.6 Å². The van der Waals surface area contributed by atoms with Crippen molar-refractivity contribution in [3.05, 3.63) is 58.9 Å². The molecule has 1 aliphatic rings. The Morgan fingerprint density at radius 1 is 1.25 bits per heavy atom. The molecule has 1 unspecified atom stereocenters. The van der Waals surface area contributed by atoms with E-state index in [1.54, 1.807) is 6.29 Å². The molecular weight excluding hydrogens is 504 g/mol. The van der Waals surface area contributed by atoms with Gasteiger partial charge in [-0.1, -0.05) is 0 Å². The van der Waals surface area contributed by atoms with Crippen LogP contribution in [0.1, 0.15) is 54.7 Å². The number of amides is 1. The molecule has 1 saturated heterocycles. The van der Waals surface area contributed by atoms with Gasteiger partial charge in [0.1, 0.15) is 16.5 Å². The van der Waals surface area contributed by atoms with Crippen molar-refractivity contribution in [3.63, 3.8) is 0 Å². The van der Waals surface area contributed by atoms with Crippen molar-refractivity contribution in [2.75, 3.05) is 11.4 Å². The molecule has 0 bridgehead atoms. The lowest BCUT2D eigenvalue weighted by Gasteiger charge is -2.32. The maximum atomic E-state index is 14.8. The predicted molar refractivity (Wildman–Crippen MR) is 121 cm³/mol. The van der Waals surface area contributed by atoms with Crippen LogP contribution >= 0.6 is 0 Å². The summed E-state index contributed by atoms with van der Waals surface area (Å²) in [6.07, 6.45) is 2.55. The van der Waals surface area contributed by atoms with Gasteiger partial charge in [-0.05, 0) is 39.0 Å². The topological polar surface area (TPSA) is 115 Å². The Morgan fingerprint density at radius 3 is 2.50 bits per heavy atom. The first kappa shape index (κ1) is 25.6. The number of halogens is 4. The Hall–Kier alpha value is -3.48. The molecule has 4 rings (SSSR count). The predicted octanol–water partition coefficient (Wildman–Crippen LogP) is 3.33. The fourth-order valence-corrected chi connectivity index (χ4v) is 5.71. The van der Waals surface area contributed by atoms with Crippen LogP contribution in [0.5, 0.6) is 0 Å². The zero-order chi connectivity index (χ0) is 26.8. The van der Waals surface area contributed by atoms with Crippen molar-refractivity contribution in [3.8, 4) is 0 Å². The number of hydrogen-bond acceptors (Lipinski definition) is 6. The zero-order valence-electron chi connectivity index (χ0n) is 19.4. The highest BCUT2D eigenvalue weighted by Crippen LogP contribution is 2.49. The largest absolute Gasteiger partial charge is 0.365 e. The van der Waals surface area contributed by atoms with Crippen LogP contribution in [0.15, 0.2) is 35.5 Å². The summed E-state index contributed by atoms with van der Waals surface area (Å²) in [5.41, 5.74) is 3.48. The minimum absolute atomic E-state index is 0.256. The highest BCUT2D eigenvalue weighted by atomic mass is 32.2. The van der Waals surface area contributed by atoms with Gasteiger partial charge in [0.05, 0.1) is 45.9 Å². The number of aromatic nitrogens is 2. The van der Waals surface area contributed by atoms with E-state index >= 15 is 0 Å². The number of carbonyl (C=O) groups is 1. The van der Waals surface area contributed by atoms with Gasteiger partial charge in [0.15, 0.2) is 9.84 Å². The molecule has 2 N–H and O–H groups in total. The van der Waals surface area contributed by atoms with Crippen LogP contribution in [0.3, 0.4) is 0 Å². The lowest BCUT2D eigenvalue weighted by molar-refractivity contribution is 0.0221. The molecule has 1 aromatic carbocycles. The third-order valence-electron chi connectivity index (χ3n) is 6.07. The van der Waals surface area contributed by atoms with Crippen molar-refractivity contribution in [2.45, 2.75) is 48.8 Å². The molecular formula is C23H21F4N4O4S. The van der Waals surface area contributed by atoms with Gasteiger partial charge in [0, 0.05) is 18.2 Å². The normalized spacial score (nSPS) is 18.1. The van der Waals surface area contributed by atoms with E-state index < -0.39 is 78.8 Å². The highest BCUT2D eigenvalue weighted by molar-refractivity contribution is 7.93. The second-order valence-corrected chi connectivity index (χ2v) is 12.2. The summed E-state index contributed by atoms with van der Waals surface area (Å²) >= 11 is 0. The number of anilines is 1. The van der Waals surface area contributed by atoms with E-state index in [0.29, 0.717) is 0 Å². The number of primary amides is 1. The van der Waals surface area contributed by atoms with Gasteiger partial charge < -0.3 is 10.6 Å². The standard InChI is InChI=1S/C23H21F4N4O4S/c1-22(2,3)36(34,35)17-9-31-19(12(10-32)8-29-31)18(21(28)33)20(17)30-11-23(26,27)7-16(30)14-6-13(24)4-5-15(14)25/h4-6,8-9,16H,7,11H2,1-3H3,(H2,28,33). The van der Waals surface area contributed by atoms with Gasteiger partial charge in [-0.25, -0.2) is 30.5 Å². The highest BCUT2D eigenvalue weighted by Gasteiger charge is 2.50. The summed E-state index contributed by atoms with van der Waals surface area (Å²) in [5.74, 6) is -6.63. The van der Waals surface area contributed by atoms with E-state index in [9.17, 15) is 35.6 Å². The number of carbonyl (C=O) groups excluding carboxylic acids is 2. The number of fused-ring (bicyclic) bond motifs is 1. The molecule has 3 aromatic rings. The SMILES string of the molecule is CC(C)(C)S(=O)(=O)c1cn2ncc([C]=O)c2c(C(N)=O)c1N1CC(F)(F)CC1c1cc(F)ccc1F. The summed E-state index contributed by atoms with van der Waals surface area (Å²) < 4.78 is 85.2. The number of nitrogens with zero attached hydrogens (tertiary/aromatic N) is 3. The molecule has 0 aliphatic carbocycles. The first-order valence-corrected chi connectivity index (χ1v) is 12.1. The van der Waals surface area contributed by atoms with Gasteiger partial charge in [0.25, 0.3) is 11.8 Å². The van der Waals surface area contributed by atoms with E-state index in [2.05, 4.69) is 5.10 Å². The maximum absolute atomic E-state index is 14.8. The Balaban J connectivity index is 2.17. The minimum Gasteiger partial charge on any atom is -0.365 e. The van der Waals surface area contributed by atoms with Crippen molar-refractivity contribution in [1.29, 1.82) is 0 Å². The van der Waals surface area contributed by atoms with E-state index in [4.69, 9.17) is 5.73 Å². The van der Waals surface area contributed by atoms with Crippen molar-refractivity contribution in [2.24, 2.45) is 5.73 Å². The molecule has 1 atom stereocenters. The molecule has 36 heavy (non-hydrogen) atoms. The summed E-state index contributed by atoms with van der Waals surface area (Å²) in [6, 6.07) is 0.737. The van der Waals surface area contributed by atoms with Gasteiger partial charge in [-0.3, -0.25) is 9.59 Å². The lowest BCUT2D eigenvalue weighted by atomic mass is 10.0. The van der Waals surface area contributed by atoms with E-state index in [-0.39, 0.29) is 11.1 Å². The molecule has 2 aromatic heterocycles. The third-order valence-corrected chi connectivity index (χ3v) is 8.56.